The SMILES string of the molecule is C=CC[C@]1(c2nc(-c3cccnc3OC)cn2COCC[Si](C)(C)C)CCCC(=O)N1. The number of nitrogens with zero attached hydrogens (tertiary/aromatic N) is 3. The molecule has 1 fully saturated rings. The average molecular weight is 443 g/mol. The molecule has 0 saturated carbocycles. The second kappa shape index (κ2) is 9.78. The minimum atomic E-state index is -1.18. The Morgan fingerprint density at radius 1 is 1.39 bits per heavy atom. The minimum absolute atomic E-state index is 0.0443. The third kappa shape index (κ3) is 5.62. The highest BCUT2D eigenvalue weighted by atomic mass is 28.3. The van der Waals surface area contributed by atoms with E-state index in [0.29, 0.717) is 32.1 Å². The molecule has 1 N–H and O–H groups in total. The summed E-state index contributed by atoms with van der Waals surface area (Å²) < 4.78 is 13.5. The van der Waals surface area contributed by atoms with Crippen molar-refractivity contribution >= 4 is 14.0 Å². The summed E-state index contributed by atoms with van der Waals surface area (Å²) in [5.41, 5.74) is 0.965. The molecule has 0 bridgehead atoms. The maximum Gasteiger partial charge on any atom is 0.222 e. The Kier molecular flexibility index (Phi) is 7.33. The van der Waals surface area contributed by atoms with Gasteiger partial charge in [0, 0.05) is 33.5 Å². The summed E-state index contributed by atoms with van der Waals surface area (Å²) in [7, 11) is 0.418. The summed E-state index contributed by atoms with van der Waals surface area (Å²) in [5, 5.41) is 3.21. The van der Waals surface area contributed by atoms with Crippen LogP contribution in [-0.4, -0.2) is 42.2 Å². The Morgan fingerprint density at radius 2 is 2.19 bits per heavy atom. The van der Waals surface area contributed by atoms with Crippen LogP contribution in [0.2, 0.25) is 25.7 Å². The van der Waals surface area contributed by atoms with E-state index in [0.717, 1.165) is 36.0 Å². The number of hydrogen-bond donors (Lipinski definition) is 1. The number of piperidine rings is 1. The summed E-state index contributed by atoms with van der Waals surface area (Å²) in [5.74, 6) is 1.35. The van der Waals surface area contributed by atoms with Gasteiger partial charge in [-0.2, -0.15) is 0 Å². The van der Waals surface area contributed by atoms with Crippen molar-refractivity contribution in [1.29, 1.82) is 0 Å². The molecule has 1 saturated heterocycles. The van der Waals surface area contributed by atoms with Crippen molar-refractivity contribution in [3.8, 4) is 17.1 Å². The van der Waals surface area contributed by atoms with E-state index in [9.17, 15) is 4.79 Å². The van der Waals surface area contributed by atoms with Gasteiger partial charge in [0.15, 0.2) is 0 Å². The number of pyridine rings is 1. The van der Waals surface area contributed by atoms with Crippen LogP contribution in [0.5, 0.6) is 5.88 Å². The molecule has 1 aliphatic rings. The van der Waals surface area contributed by atoms with Crippen LogP contribution in [0.3, 0.4) is 0 Å². The van der Waals surface area contributed by atoms with Crippen molar-refractivity contribution < 1.29 is 14.3 Å². The van der Waals surface area contributed by atoms with Gasteiger partial charge < -0.3 is 19.4 Å². The molecular formula is C23H34N4O3Si. The average Bonchev–Trinajstić information content (AvgIpc) is 3.15. The van der Waals surface area contributed by atoms with Crippen LogP contribution in [0.25, 0.3) is 11.3 Å². The summed E-state index contributed by atoms with van der Waals surface area (Å²) in [4.78, 5) is 21.6. The lowest BCUT2D eigenvalue weighted by atomic mass is 9.84. The van der Waals surface area contributed by atoms with E-state index in [1.807, 2.05) is 29.0 Å². The first kappa shape index (κ1) is 23.2. The van der Waals surface area contributed by atoms with Crippen LogP contribution in [-0.2, 0) is 21.8 Å². The molecule has 1 atom stereocenters. The Balaban J connectivity index is 1.99. The number of rotatable bonds is 10. The van der Waals surface area contributed by atoms with E-state index in [2.05, 4.69) is 36.5 Å². The normalized spacial score (nSPS) is 19.2. The lowest BCUT2D eigenvalue weighted by Crippen LogP contribution is -2.50. The molecule has 0 unspecified atom stereocenters. The second-order valence-corrected chi connectivity index (χ2v) is 14.9. The van der Waals surface area contributed by atoms with Crippen LogP contribution in [0.15, 0.2) is 37.2 Å². The van der Waals surface area contributed by atoms with Crippen LogP contribution >= 0.6 is 0 Å². The standard InChI is InChI=1S/C23H34N4O3Si/c1-6-11-23(12-7-10-20(28)26-23)22-25-19(18-9-8-13-24-21(18)29-2)16-27(22)17-30-14-15-31(3,4)5/h6,8-9,13,16H,1,7,10-12,14-15,17H2,2-5H3,(H,26,28)/t23-/m1/s1. The predicted octanol–water partition coefficient (Wildman–Crippen LogP) is 4.34. The van der Waals surface area contributed by atoms with Crippen molar-refractivity contribution in [2.45, 2.75) is 63.6 Å². The van der Waals surface area contributed by atoms with Crippen molar-refractivity contribution in [2.24, 2.45) is 0 Å². The molecule has 31 heavy (non-hydrogen) atoms. The fourth-order valence-electron chi connectivity index (χ4n) is 3.92. The van der Waals surface area contributed by atoms with Gasteiger partial charge in [-0.3, -0.25) is 4.79 Å². The van der Waals surface area contributed by atoms with Gasteiger partial charge in [-0.25, -0.2) is 9.97 Å². The van der Waals surface area contributed by atoms with Gasteiger partial charge in [-0.05, 0) is 37.4 Å². The van der Waals surface area contributed by atoms with Crippen LogP contribution in [0.1, 0.15) is 31.5 Å². The molecule has 0 aromatic carbocycles. The number of nitrogens with one attached hydrogen (secondary N) is 1. The first-order valence-electron chi connectivity index (χ1n) is 10.8. The number of carbonyl (C=O) groups is 1. The predicted molar refractivity (Wildman–Crippen MR) is 125 cm³/mol. The molecule has 0 aliphatic carbocycles. The third-order valence-corrected chi connectivity index (χ3v) is 7.25. The van der Waals surface area contributed by atoms with Gasteiger partial charge in [0.25, 0.3) is 0 Å². The number of amides is 1. The zero-order valence-electron chi connectivity index (χ0n) is 19.1. The van der Waals surface area contributed by atoms with E-state index in [-0.39, 0.29) is 5.91 Å². The molecule has 168 valence electrons. The van der Waals surface area contributed by atoms with Crippen LogP contribution in [0.4, 0.5) is 0 Å². The number of ether oxygens (including phenoxy) is 2. The highest BCUT2D eigenvalue weighted by molar-refractivity contribution is 6.76. The summed E-state index contributed by atoms with van der Waals surface area (Å²) in [6.07, 6.45) is 8.27. The lowest BCUT2D eigenvalue weighted by molar-refractivity contribution is -0.125. The van der Waals surface area contributed by atoms with Crippen molar-refractivity contribution in [2.75, 3.05) is 13.7 Å². The first-order chi connectivity index (χ1) is 14.8. The maximum atomic E-state index is 12.3. The number of carbonyl (C=O) groups excluding carboxylic acids is 1. The maximum absolute atomic E-state index is 12.3. The molecule has 8 heteroatoms. The van der Waals surface area contributed by atoms with Gasteiger partial charge in [-0.1, -0.05) is 25.7 Å². The molecule has 0 spiro atoms. The summed E-state index contributed by atoms with van der Waals surface area (Å²) in [6, 6.07) is 4.89. The zero-order chi connectivity index (χ0) is 22.5. The molecular weight excluding hydrogens is 408 g/mol. The Bertz CT molecular complexity index is 922. The van der Waals surface area contributed by atoms with Gasteiger partial charge in [-0.15, -0.1) is 6.58 Å². The second-order valence-electron chi connectivity index (χ2n) is 9.30. The minimum Gasteiger partial charge on any atom is -0.481 e. The molecule has 2 aromatic heterocycles. The Morgan fingerprint density at radius 3 is 2.87 bits per heavy atom. The lowest BCUT2D eigenvalue weighted by Gasteiger charge is -2.37. The molecule has 1 amide bonds. The molecule has 2 aromatic rings. The summed E-state index contributed by atoms with van der Waals surface area (Å²) in [6.45, 7) is 12.0. The largest absolute Gasteiger partial charge is 0.481 e. The van der Waals surface area contributed by atoms with Gasteiger partial charge >= 0.3 is 0 Å². The van der Waals surface area contributed by atoms with Crippen molar-refractivity contribution in [1.82, 2.24) is 19.9 Å². The van der Waals surface area contributed by atoms with E-state index in [1.54, 1.807) is 13.3 Å². The molecule has 3 rings (SSSR count). The Labute approximate surface area is 185 Å². The zero-order valence-corrected chi connectivity index (χ0v) is 20.1. The fourth-order valence-corrected chi connectivity index (χ4v) is 4.67. The van der Waals surface area contributed by atoms with Gasteiger partial charge in [0.2, 0.25) is 11.8 Å². The van der Waals surface area contributed by atoms with Gasteiger partial charge in [0.05, 0.1) is 18.4 Å². The highest BCUT2D eigenvalue weighted by Crippen LogP contribution is 2.36. The topological polar surface area (TPSA) is 78.3 Å². The number of hydrogen-bond acceptors (Lipinski definition) is 5. The van der Waals surface area contributed by atoms with Crippen LogP contribution < -0.4 is 10.1 Å². The quantitative estimate of drug-likeness (QED) is 0.336. The van der Waals surface area contributed by atoms with E-state index < -0.39 is 13.6 Å². The molecule has 3 heterocycles. The van der Waals surface area contributed by atoms with E-state index >= 15 is 0 Å². The highest BCUT2D eigenvalue weighted by Gasteiger charge is 2.40. The van der Waals surface area contributed by atoms with Crippen LogP contribution in [0, 0.1) is 0 Å². The summed E-state index contributed by atoms with van der Waals surface area (Å²) >= 11 is 0. The monoisotopic (exact) mass is 442 g/mol. The van der Waals surface area contributed by atoms with Gasteiger partial charge in [0.1, 0.15) is 18.1 Å². The van der Waals surface area contributed by atoms with Crippen molar-refractivity contribution in [3.05, 3.63) is 43.0 Å². The van der Waals surface area contributed by atoms with E-state index in [1.165, 1.54) is 0 Å². The fraction of sp³-hybridized carbons (Fsp3) is 0.522. The first-order valence-corrected chi connectivity index (χ1v) is 14.6. The number of methoxy groups -OCH3 is 1. The molecule has 7 nitrogen and oxygen atoms in total. The van der Waals surface area contributed by atoms with Crippen molar-refractivity contribution in [3.63, 3.8) is 0 Å². The molecule has 0 radical (unpaired) electrons. The molecule has 1 aliphatic heterocycles. The Hall–Kier alpha value is -2.45. The number of imidazole rings is 1. The van der Waals surface area contributed by atoms with E-state index in [4.69, 9.17) is 14.5 Å². The smallest absolute Gasteiger partial charge is 0.222 e. The number of aromatic nitrogens is 3. The third-order valence-electron chi connectivity index (χ3n) is 5.55.